The number of nitrogens with one attached hydrogen (secondary N) is 1. The highest BCUT2D eigenvalue weighted by molar-refractivity contribution is 6.30. The molecule has 1 aromatic rings. The fourth-order valence-electron chi connectivity index (χ4n) is 1.45. The molecular weight excluding hydrogens is 270 g/mol. The Morgan fingerprint density at radius 1 is 1.53 bits per heavy atom. The Morgan fingerprint density at radius 3 is 2.68 bits per heavy atom. The van der Waals surface area contributed by atoms with Gasteiger partial charge >= 0.3 is 0 Å². The highest BCUT2D eigenvalue weighted by Crippen LogP contribution is 2.23. The molecular formula is C12H16ClN3O3. The molecule has 0 aliphatic heterocycles. The predicted octanol–water partition coefficient (Wildman–Crippen LogP) is 1.85. The van der Waals surface area contributed by atoms with Crippen LogP contribution in [0.15, 0.2) is 18.2 Å². The largest absolute Gasteiger partial charge is 0.369 e. The van der Waals surface area contributed by atoms with Gasteiger partial charge in [0.1, 0.15) is 0 Å². The highest BCUT2D eigenvalue weighted by atomic mass is 35.5. The van der Waals surface area contributed by atoms with Crippen molar-refractivity contribution >= 4 is 23.2 Å². The van der Waals surface area contributed by atoms with Crippen molar-refractivity contribution in [3.05, 3.63) is 38.9 Å². The maximum absolute atomic E-state index is 11.1. The van der Waals surface area contributed by atoms with Crippen molar-refractivity contribution in [3.8, 4) is 0 Å². The van der Waals surface area contributed by atoms with Gasteiger partial charge in [0.25, 0.3) is 5.69 Å². The highest BCUT2D eigenvalue weighted by Gasteiger charge is 2.24. The van der Waals surface area contributed by atoms with Gasteiger partial charge in [-0.1, -0.05) is 11.6 Å². The molecule has 1 amide bonds. The average Bonchev–Trinajstić information content (AvgIpc) is 2.30. The second kappa shape index (κ2) is 5.99. The van der Waals surface area contributed by atoms with Crippen LogP contribution in [-0.2, 0) is 11.3 Å². The Labute approximate surface area is 116 Å². The van der Waals surface area contributed by atoms with Gasteiger partial charge in [-0.2, -0.15) is 0 Å². The number of hydrogen-bond donors (Lipinski definition) is 2. The lowest BCUT2D eigenvalue weighted by atomic mass is 9.93. The van der Waals surface area contributed by atoms with Crippen LogP contribution in [0, 0.1) is 15.5 Å². The fraction of sp³-hybridized carbons (Fsp3) is 0.417. The monoisotopic (exact) mass is 285 g/mol. The van der Waals surface area contributed by atoms with E-state index in [-0.39, 0.29) is 12.2 Å². The summed E-state index contributed by atoms with van der Waals surface area (Å²) in [5.74, 6) is -0.425. The van der Waals surface area contributed by atoms with Crippen LogP contribution in [0.2, 0.25) is 5.02 Å². The number of halogens is 1. The lowest BCUT2D eigenvalue weighted by Gasteiger charge is -2.20. The van der Waals surface area contributed by atoms with Crippen LogP contribution in [0.5, 0.6) is 0 Å². The van der Waals surface area contributed by atoms with Gasteiger partial charge in [0.05, 0.1) is 10.3 Å². The van der Waals surface area contributed by atoms with Gasteiger partial charge in [-0.05, 0) is 26.0 Å². The van der Waals surface area contributed by atoms with E-state index in [1.165, 1.54) is 6.07 Å². The smallest absolute Gasteiger partial charge is 0.275 e. The molecule has 3 N–H and O–H groups in total. The summed E-state index contributed by atoms with van der Waals surface area (Å²) in [4.78, 5) is 21.5. The average molecular weight is 286 g/mol. The van der Waals surface area contributed by atoms with Gasteiger partial charge in [0.15, 0.2) is 0 Å². The normalized spacial score (nSPS) is 11.3. The third-order valence-corrected chi connectivity index (χ3v) is 3.03. The predicted molar refractivity (Wildman–Crippen MR) is 72.8 cm³/mol. The fourth-order valence-corrected chi connectivity index (χ4v) is 1.62. The molecule has 0 aliphatic carbocycles. The van der Waals surface area contributed by atoms with Crippen molar-refractivity contribution in [1.29, 1.82) is 0 Å². The quantitative estimate of drug-likeness (QED) is 0.615. The Balaban J connectivity index is 2.74. The number of benzene rings is 1. The standard InChI is InChI=1S/C12H16ClN3O3/c1-12(2,11(14)17)7-15-6-8-3-4-9(13)5-10(8)16(18)19/h3-5,15H,6-7H2,1-2H3,(H2,14,17). The van der Waals surface area contributed by atoms with E-state index in [1.54, 1.807) is 26.0 Å². The molecule has 0 radical (unpaired) electrons. The summed E-state index contributed by atoms with van der Waals surface area (Å²) < 4.78 is 0. The molecule has 1 rings (SSSR count). The molecule has 0 bridgehead atoms. The van der Waals surface area contributed by atoms with E-state index in [1.807, 2.05) is 0 Å². The number of hydrogen-bond acceptors (Lipinski definition) is 4. The van der Waals surface area contributed by atoms with Gasteiger partial charge in [-0.15, -0.1) is 0 Å². The summed E-state index contributed by atoms with van der Waals surface area (Å²) in [5, 5.41) is 14.2. The molecule has 104 valence electrons. The number of nitro benzene ring substituents is 1. The van der Waals surface area contributed by atoms with E-state index in [4.69, 9.17) is 17.3 Å². The van der Waals surface area contributed by atoms with E-state index in [9.17, 15) is 14.9 Å². The zero-order valence-electron chi connectivity index (χ0n) is 10.8. The van der Waals surface area contributed by atoms with Crippen LogP contribution in [0.4, 0.5) is 5.69 Å². The van der Waals surface area contributed by atoms with Crippen molar-refractivity contribution in [2.75, 3.05) is 6.54 Å². The van der Waals surface area contributed by atoms with Crippen LogP contribution in [0.1, 0.15) is 19.4 Å². The first-order chi connectivity index (χ1) is 8.74. The van der Waals surface area contributed by atoms with E-state index in [0.717, 1.165) is 0 Å². The molecule has 7 heteroatoms. The number of nitrogens with zero attached hydrogens (tertiary/aromatic N) is 1. The zero-order chi connectivity index (χ0) is 14.6. The topological polar surface area (TPSA) is 98.3 Å². The molecule has 0 heterocycles. The number of carbonyl (C=O) groups is 1. The van der Waals surface area contributed by atoms with Crippen LogP contribution in [0.25, 0.3) is 0 Å². The summed E-state index contributed by atoms with van der Waals surface area (Å²) in [6, 6.07) is 4.48. The van der Waals surface area contributed by atoms with Crippen molar-refractivity contribution in [2.45, 2.75) is 20.4 Å². The molecule has 0 saturated heterocycles. The molecule has 0 fully saturated rings. The summed E-state index contributed by atoms with van der Waals surface area (Å²) >= 11 is 5.72. The SMILES string of the molecule is CC(C)(CNCc1ccc(Cl)cc1[N+](=O)[O-])C(N)=O. The molecule has 0 aliphatic rings. The van der Waals surface area contributed by atoms with Gasteiger partial charge in [0.2, 0.25) is 5.91 Å². The van der Waals surface area contributed by atoms with E-state index < -0.39 is 16.2 Å². The number of nitro groups is 1. The molecule has 19 heavy (non-hydrogen) atoms. The molecule has 0 saturated carbocycles. The second-order valence-electron chi connectivity index (χ2n) is 4.88. The van der Waals surface area contributed by atoms with Gasteiger partial charge in [0, 0.05) is 29.7 Å². The summed E-state index contributed by atoms with van der Waals surface area (Å²) in [6.45, 7) is 4.02. The minimum absolute atomic E-state index is 0.0446. The van der Waals surface area contributed by atoms with E-state index >= 15 is 0 Å². The van der Waals surface area contributed by atoms with Crippen LogP contribution in [-0.4, -0.2) is 17.4 Å². The summed E-state index contributed by atoms with van der Waals surface area (Å²) in [7, 11) is 0. The third-order valence-electron chi connectivity index (χ3n) is 2.79. The van der Waals surface area contributed by atoms with Crippen molar-refractivity contribution in [1.82, 2.24) is 5.32 Å². The van der Waals surface area contributed by atoms with Crippen molar-refractivity contribution in [3.63, 3.8) is 0 Å². The summed E-state index contributed by atoms with van der Waals surface area (Å²) in [5.41, 5.74) is 5.00. The molecule has 6 nitrogen and oxygen atoms in total. The number of nitrogens with two attached hydrogens (primary N) is 1. The first-order valence-corrected chi connectivity index (χ1v) is 6.05. The molecule has 0 atom stereocenters. The second-order valence-corrected chi connectivity index (χ2v) is 5.32. The number of rotatable bonds is 6. The first-order valence-electron chi connectivity index (χ1n) is 5.67. The van der Waals surface area contributed by atoms with Crippen LogP contribution < -0.4 is 11.1 Å². The van der Waals surface area contributed by atoms with Crippen LogP contribution >= 0.6 is 11.6 Å². The molecule has 0 unspecified atom stereocenters. The minimum atomic E-state index is -0.707. The Morgan fingerprint density at radius 2 is 2.16 bits per heavy atom. The third kappa shape index (κ3) is 4.18. The van der Waals surface area contributed by atoms with Crippen molar-refractivity contribution in [2.24, 2.45) is 11.1 Å². The minimum Gasteiger partial charge on any atom is -0.369 e. The van der Waals surface area contributed by atoms with Gasteiger partial charge in [-0.25, -0.2) is 0 Å². The van der Waals surface area contributed by atoms with Gasteiger partial charge < -0.3 is 11.1 Å². The maximum Gasteiger partial charge on any atom is 0.275 e. The lowest BCUT2D eigenvalue weighted by Crippen LogP contribution is -2.40. The lowest BCUT2D eigenvalue weighted by molar-refractivity contribution is -0.385. The zero-order valence-corrected chi connectivity index (χ0v) is 11.5. The van der Waals surface area contributed by atoms with E-state index in [2.05, 4.69) is 5.32 Å². The number of primary amides is 1. The molecule has 0 spiro atoms. The summed E-state index contributed by atoms with van der Waals surface area (Å²) in [6.07, 6.45) is 0. The number of carbonyl (C=O) groups excluding carboxylic acids is 1. The molecule has 0 aromatic heterocycles. The Hall–Kier alpha value is -1.66. The van der Waals surface area contributed by atoms with E-state index in [0.29, 0.717) is 17.1 Å². The first kappa shape index (κ1) is 15.4. The Bertz CT molecular complexity index is 503. The number of amides is 1. The van der Waals surface area contributed by atoms with Crippen LogP contribution in [0.3, 0.4) is 0 Å². The molecule has 1 aromatic carbocycles. The van der Waals surface area contributed by atoms with Gasteiger partial charge in [-0.3, -0.25) is 14.9 Å². The van der Waals surface area contributed by atoms with Crippen molar-refractivity contribution < 1.29 is 9.72 Å². The Kier molecular flexibility index (Phi) is 4.85. The maximum atomic E-state index is 11.1.